The molecule has 0 radical (unpaired) electrons. The van der Waals surface area contributed by atoms with Gasteiger partial charge in [0.05, 0.1) is 5.92 Å². The summed E-state index contributed by atoms with van der Waals surface area (Å²) < 4.78 is 69.5. The van der Waals surface area contributed by atoms with Gasteiger partial charge < -0.3 is 4.74 Å². The van der Waals surface area contributed by atoms with Crippen molar-refractivity contribution in [1.29, 1.82) is 0 Å². The van der Waals surface area contributed by atoms with Crippen LogP contribution in [-0.4, -0.2) is 18.0 Å². The van der Waals surface area contributed by atoms with Gasteiger partial charge in [-0.25, -0.2) is 13.2 Å². The molecule has 1 atom stereocenters. The van der Waals surface area contributed by atoms with Crippen molar-refractivity contribution in [3.63, 3.8) is 0 Å². The summed E-state index contributed by atoms with van der Waals surface area (Å²) in [7, 11) is 0. The molecule has 1 aromatic rings. The van der Waals surface area contributed by atoms with E-state index in [9.17, 15) is 26.7 Å². The van der Waals surface area contributed by atoms with E-state index in [0.29, 0.717) is 12.2 Å². The van der Waals surface area contributed by atoms with Crippen LogP contribution in [0.3, 0.4) is 0 Å². The minimum absolute atomic E-state index is 0.357. The summed E-state index contributed by atoms with van der Waals surface area (Å²) in [5, 5.41) is 0. The molecule has 0 N–H and O–H groups in total. The Morgan fingerprint density at radius 2 is 1.50 bits per heavy atom. The molecule has 0 unspecified atom stereocenters. The number of thioether (sulfide) groups is 1. The van der Waals surface area contributed by atoms with Crippen LogP contribution >= 0.6 is 11.8 Å². The van der Waals surface area contributed by atoms with E-state index in [1.165, 1.54) is 18.7 Å². The van der Waals surface area contributed by atoms with Crippen molar-refractivity contribution >= 4 is 17.7 Å². The smallest absolute Gasteiger partial charge is 0.314 e. The predicted molar refractivity (Wildman–Crippen MR) is 64.0 cm³/mol. The van der Waals surface area contributed by atoms with Crippen LogP contribution in [-0.2, 0) is 4.79 Å². The zero-order chi connectivity index (χ0) is 15.4. The average molecular weight is 314 g/mol. The van der Waals surface area contributed by atoms with Crippen LogP contribution in [0.2, 0.25) is 0 Å². The van der Waals surface area contributed by atoms with Crippen molar-refractivity contribution < 1.29 is 31.5 Å². The van der Waals surface area contributed by atoms with Gasteiger partial charge in [0.1, 0.15) is 0 Å². The quantitative estimate of drug-likeness (QED) is 0.273. The molecule has 0 aromatic heterocycles. The van der Waals surface area contributed by atoms with E-state index >= 15 is 0 Å². The minimum Gasteiger partial charge on any atom is -0.420 e. The summed E-state index contributed by atoms with van der Waals surface area (Å²) in [5.41, 5.74) is 0. The average Bonchev–Trinajstić information content (AvgIpc) is 2.44. The second-order valence-corrected chi connectivity index (χ2v) is 4.99. The molecule has 0 saturated heterocycles. The lowest BCUT2D eigenvalue weighted by atomic mass is 10.1. The van der Waals surface area contributed by atoms with Crippen molar-refractivity contribution in [3.05, 3.63) is 29.1 Å². The third-order valence-corrected chi connectivity index (χ3v) is 3.17. The van der Waals surface area contributed by atoms with E-state index in [2.05, 4.69) is 4.74 Å². The highest BCUT2D eigenvalue weighted by Crippen LogP contribution is 2.29. The minimum atomic E-state index is -2.30. The number of esters is 1. The molecule has 0 saturated carbocycles. The SMILES string of the molecule is CSCC[C@H](C)C(=O)Oc1c(F)c(F)c(F)c(F)c1F. The van der Waals surface area contributed by atoms with Crippen molar-refractivity contribution in [2.24, 2.45) is 5.92 Å². The van der Waals surface area contributed by atoms with Crippen LogP contribution in [0.15, 0.2) is 0 Å². The number of hydrogen-bond acceptors (Lipinski definition) is 3. The molecule has 20 heavy (non-hydrogen) atoms. The fraction of sp³-hybridized carbons (Fsp3) is 0.417. The van der Waals surface area contributed by atoms with Crippen molar-refractivity contribution in [3.8, 4) is 5.75 Å². The molecule has 0 bridgehead atoms. The van der Waals surface area contributed by atoms with Gasteiger partial charge in [0, 0.05) is 0 Å². The van der Waals surface area contributed by atoms with Gasteiger partial charge >= 0.3 is 5.97 Å². The summed E-state index contributed by atoms with van der Waals surface area (Å²) in [6, 6.07) is 0. The van der Waals surface area contributed by atoms with Crippen LogP contribution in [0, 0.1) is 35.0 Å². The molecule has 1 rings (SSSR count). The first kappa shape index (κ1) is 16.7. The standard InChI is InChI=1S/C12H11F5O2S/c1-5(3-4-20-2)12(18)19-11-9(16)7(14)6(13)8(15)10(11)17/h5H,3-4H2,1-2H3/t5-/m0/s1. The number of carbonyl (C=O) groups is 1. The Hall–Kier alpha value is -1.31. The molecular formula is C12H11F5O2S. The first-order chi connectivity index (χ1) is 9.31. The third kappa shape index (κ3) is 3.41. The Kier molecular flexibility index (Phi) is 5.79. The summed E-state index contributed by atoms with van der Waals surface area (Å²) >= 11 is 1.44. The highest BCUT2D eigenvalue weighted by atomic mass is 32.2. The van der Waals surface area contributed by atoms with E-state index in [0.717, 1.165) is 0 Å². The lowest BCUT2D eigenvalue weighted by molar-refractivity contribution is -0.138. The fourth-order valence-electron chi connectivity index (χ4n) is 1.29. The summed E-state index contributed by atoms with van der Waals surface area (Å²) in [4.78, 5) is 11.5. The molecule has 2 nitrogen and oxygen atoms in total. The van der Waals surface area contributed by atoms with Crippen molar-refractivity contribution in [2.75, 3.05) is 12.0 Å². The maximum Gasteiger partial charge on any atom is 0.314 e. The molecule has 112 valence electrons. The molecule has 1 aromatic carbocycles. The number of ether oxygens (including phenoxy) is 1. The van der Waals surface area contributed by atoms with Crippen molar-refractivity contribution in [1.82, 2.24) is 0 Å². The fourth-order valence-corrected chi connectivity index (χ4v) is 1.88. The Morgan fingerprint density at radius 1 is 1.05 bits per heavy atom. The molecule has 0 aliphatic heterocycles. The Balaban J connectivity index is 3.01. The van der Waals surface area contributed by atoms with Crippen LogP contribution < -0.4 is 4.74 Å². The molecule has 0 fully saturated rings. The summed E-state index contributed by atoms with van der Waals surface area (Å²) in [6.45, 7) is 1.44. The van der Waals surface area contributed by atoms with Gasteiger partial charge in [-0.15, -0.1) is 0 Å². The van der Waals surface area contributed by atoms with E-state index in [4.69, 9.17) is 0 Å². The highest BCUT2D eigenvalue weighted by molar-refractivity contribution is 7.98. The Bertz CT molecular complexity index is 492. The van der Waals surface area contributed by atoms with Gasteiger partial charge in [-0.1, -0.05) is 6.92 Å². The maximum absolute atomic E-state index is 13.3. The van der Waals surface area contributed by atoms with Crippen LogP contribution in [0.25, 0.3) is 0 Å². The second-order valence-electron chi connectivity index (χ2n) is 4.00. The summed E-state index contributed by atoms with van der Waals surface area (Å²) in [6.07, 6.45) is 2.15. The molecule has 0 heterocycles. The molecular weight excluding hydrogens is 303 g/mol. The highest BCUT2D eigenvalue weighted by Gasteiger charge is 2.29. The van der Waals surface area contributed by atoms with E-state index < -0.39 is 46.7 Å². The largest absolute Gasteiger partial charge is 0.420 e. The number of carbonyl (C=O) groups excluding carboxylic acids is 1. The van der Waals surface area contributed by atoms with E-state index in [1.807, 2.05) is 0 Å². The molecule has 0 spiro atoms. The molecule has 8 heteroatoms. The van der Waals surface area contributed by atoms with Crippen LogP contribution in [0.5, 0.6) is 5.75 Å². The first-order valence-corrected chi connectivity index (χ1v) is 6.92. The zero-order valence-corrected chi connectivity index (χ0v) is 11.4. The third-order valence-electron chi connectivity index (χ3n) is 2.53. The second kappa shape index (κ2) is 6.92. The number of rotatable bonds is 5. The van der Waals surface area contributed by atoms with Crippen molar-refractivity contribution in [2.45, 2.75) is 13.3 Å². The van der Waals surface area contributed by atoms with Gasteiger partial charge in [0.25, 0.3) is 0 Å². The topological polar surface area (TPSA) is 26.3 Å². The van der Waals surface area contributed by atoms with Gasteiger partial charge in [-0.05, 0) is 18.4 Å². The Morgan fingerprint density at radius 3 is 1.95 bits per heavy atom. The predicted octanol–water partition coefficient (Wildman–Crippen LogP) is 3.68. The van der Waals surface area contributed by atoms with E-state index in [1.54, 1.807) is 6.26 Å². The lowest BCUT2D eigenvalue weighted by Gasteiger charge is -2.12. The number of hydrogen-bond donors (Lipinski definition) is 0. The van der Waals surface area contributed by atoms with Gasteiger partial charge in [-0.3, -0.25) is 4.79 Å². The van der Waals surface area contributed by atoms with Crippen LogP contribution in [0.4, 0.5) is 22.0 Å². The number of benzene rings is 1. The molecule has 0 amide bonds. The normalized spacial score (nSPS) is 12.3. The molecule has 0 aliphatic carbocycles. The van der Waals surface area contributed by atoms with E-state index in [-0.39, 0.29) is 0 Å². The summed E-state index contributed by atoms with van der Waals surface area (Å²) in [5.74, 6) is -13.7. The van der Waals surface area contributed by atoms with Gasteiger partial charge in [-0.2, -0.15) is 20.5 Å². The first-order valence-electron chi connectivity index (χ1n) is 5.53. The molecule has 0 aliphatic rings. The van der Waals surface area contributed by atoms with Crippen LogP contribution in [0.1, 0.15) is 13.3 Å². The zero-order valence-electron chi connectivity index (χ0n) is 10.6. The maximum atomic E-state index is 13.3. The lowest BCUT2D eigenvalue weighted by Crippen LogP contribution is -2.20. The van der Waals surface area contributed by atoms with Gasteiger partial charge in [0.15, 0.2) is 0 Å². The van der Waals surface area contributed by atoms with Gasteiger partial charge in [0.2, 0.25) is 34.8 Å². The Labute approximate surface area is 116 Å². The number of halogens is 5. The monoisotopic (exact) mass is 314 g/mol.